The van der Waals surface area contributed by atoms with Gasteiger partial charge in [-0.3, -0.25) is 19.6 Å². The fraction of sp³-hybridized carbons (Fsp3) is 0.364. The normalized spacial score (nSPS) is 16.0. The van der Waals surface area contributed by atoms with E-state index in [1.54, 1.807) is 23.5 Å². The first-order valence-corrected chi connectivity index (χ1v) is 9.81. The predicted octanol–water partition coefficient (Wildman–Crippen LogP) is 2.63. The third-order valence-electron chi connectivity index (χ3n) is 5.71. The zero-order valence-corrected chi connectivity index (χ0v) is 17.2. The minimum absolute atomic E-state index is 0.0830. The van der Waals surface area contributed by atoms with Crippen molar-refractivity contribution in [3.63, 3.8) is 0 Å². The smallest absolute Gasteiger partial charge is 0.264 e. The van der Waals surface area contributed by atoms with Gasteiger partial charge >= 0.3 is 0 Å². The second-order valence-corrected chi connectivity index (χ2v) is 7.68. The molecule has 1 aliphatic rings. The molecule has 0 aliphatic carbocycles. The van der Waals surface area contributed by atoms with Crippen LogP contribution < -0.4 is 5.56 Å². The number of aromatic nitrogens is 4. The van der Waals surface area contributed by atoms with E-state index in [0.29, 0.717) is 17.8 Å². The number of aryl methyl sites for hydroxylation is 3. The van der Waals surface area contributed by atoms with Crippen LogP contribution in [-0.2, 0) is 13.1 Å². The van der Waals surface area contributed by atoms with Crippen LogP contribution in [0.2, 0.25) is 0 Å². The largest absolute Gasteiger partial charge is 0.345 e. The van der Waals surface area contributed by atoms with Gasteiger partial charge in [-0.1, -0.05) is 0 Å². The van der Waals surface area contributed by atoms with Crippen LogP contribution in [0.4, 0.5) is 0 Å². The molecule has 0 saturated heterocycles. The molecule has 7 nitrogen and oxygen atoms in total. The van der Waals surface area contributed by atoms with Crippen molar-refractivity contribution in [2.45, 2.75) is 46.8 Å². The van der Waals surface area contributed by atoms with Gasteiger partial charge in [0.15, 0.2) is 0 Å². The van der Waals surface area contributed by atoms with Crippen molar-refractivity contribution < 1.29 is 4.79 Å². The molecule has 4 heterocycles. The van der Waals surface area contributed by atoms with Gasteiger partial charge in [-0.25, -0.2) is 0 Å². The summed E-state index contributed by atoms with van der Waals surface area (Å²) >= 11 is 0. The van der Waals surface area contributed by atoms with Crippen molar-refractivity contribution in [2.75, 3.05) is 6.54 Å². The number of carbonyl (C=O) groups is 1. The van der Waals surface area contributed by atoms with Crippen LogP contribution >= 0.6 is 0 Å². The maximum atomic E-state index is 13.4. The lowest BCUT2D eigenvalue weighted by Gasteiger charge is -2.35. The molecule has 3 aromatic rings. The Morgan fingerprint density at radius 2 is 1.90 bits per heavy atom. The lowest BCUT2D eigenvalue weighted by molar-refractivity contribution is 0.0639. The maximum Gasteiger partial charge on any atom is 0.264 e. The summed E-state index contributed by atoms with van der Waals surface area (Å²) in [7, 11) is 0. The summed E-state index contributed by atoms with van der Waals surface area (Å²) < 4.78 is 3.77. The Kier molecular flexibility index (Phi) is 4.82. The Bertz CT molecular complexity index is 1130. The summed E-state index contributed by atoms with van der Waals surface area (Å²) in [5, 5.41) is 0. The van der Waals surface area contributed by atoms with Crippen LogP contribution in [-0.4, -0.2) is 36.5 Å². The molecule has 0 N–H and O–H groups in total. The molecule has 1 amide bonds. The van der Waals surface area contributed by atoms with E-state index in [4.69, 9.17) is 0 Å². The second-order valence-electron chi connectivity index (χ2n) is 7.68. The predicted molar refractivity (Wildman–Crippen MR) is 110 cm³/mol. The third kappa shape index (κ3) is 3.37. The van der Waals surface area contributed by atoms with E-state index in [0.717, 1.165) is 17.9 Å². The molecule has 0 saturated carbocycles. The summed E-state index contributed by atoms with van der Waals surface area (Å²) in [6.45, 7) is 9.37. The molecule has 7 heteroatoms. The van der Waals surface area contributed by atoms with E-state index in [1.165, 1.54) is 10.3 Å². The summed E-state index contributed by atoms with van der Waals surface area (Å²) in [5.74, 6) is -0.213. The fourth-order valence-electron chi connectivity index (χ4n) is 3.97. The molecule has 3 aromatic heterocycles. The Labute approximate surface area is 169 Å². The van der Waals surface area contributed by atoms with E-state index in [9.17, 15) is 9.59 Å². The number of carbonyl (C=O) groups excluding carboxylic acids is 1. The molecule has 0 aromatic carbocycles. The number of hydrogen-bond donors (Lipinski definition) is 0. The van der Waals surface area contributed by atoms with Crippen molar-refractivity contribution in [1.82, 2.24) is 24.0 Å². The molecule has 150 valence electrons. The average Bonchev–Trinajstić information content (AvgIpc) is 3.08. The first kappa shape index (κ1) is 19.1. The van der Waals surface area contributed by atoms with Crippen LogP contribution in [0.1, 0.15) is 51.7 Å². The highest BCUT2D eigenvalue weighted by Gasteiger charge is 2.31. The fourth-order valence-corrected chi connectivity index (χ4v) is 3.97. The monoisotopic (exact) mass is 391 g/mol. The Hall–Kier alpha value is -3.22. The highest BCUT2D eigenvalue weighted by Crippen LogP contribution is 2.28. The van der Waals surface area contributed by atoms with Gasteiger partial charge in [0.25, 0.3) is 11.5 Å². The van der Waals surface area contributed by atoms with Crippen LogP contribution in [0.3, 0.4) is 0 Å². The highest BCUT2D eigenvalue weighted by molar-refractivity contribution is 5.95. The van der Waals surface area contributed by atoms with Crippen LogP contribution in [0, 0.1) is 20.8 Å². The van der Waals surface area contributed by atoms with E-state index >= 15 is 0 Å². The molecule has 29 heavy (non-hydrogen) atoms. The lowest BCUT2D eigenvalue weighted by atomic mass is 10.1. The van der Waals surface area contributed by atoms with Crippen molar-refractivity contribution in [3.8, 4) is 0 Å². The Morgan fingerprint density at radius 1 is 1.10 bits per heavy atom. The molecule has 0 radical (unpaired) electrons. The standard InChI is InChI=1S/C22H25N5O2/c1-14-7-8-25(13-18-12-23-15(2)11-24-18)21(28)20(14)22(29)27-10-9-26-16(3)5-6-19(26)17(27)4/h5-8,11-12,17H,9-10,13H2,1-4H3. The Morgan fingerprint density at radius 3 is 2.62 bits per heavy atom. The molecule has 0 fully saturated rings. The number of fused-ring (bicyclic) bond motifs is 1. The number of hydrogen-bond acceptors (Lipinski definition) is 4. The maximum absolute atomic E-state index is 13.4. The summed E-state index contributed by atoms with van der Waals surface area (Å²) in [6, 6.07) is 5.87. The van der Waals surface area contributed by atoms with E-state index < -0.39 is 0 Å². The van der Waals surface area contributed by atoms with Crippen molar-refractivity contribution >= 4 is 5.91 Å². The minimum Gasteiger partial charge on any atom is -0.345 e. The van der Waals surface area contributed by atoms with E-state index in [1.807, 2.05) is 26.8 Å². The lowest BCUT2D eigenvalue weighted by Crippen LogP contribution is -2.44. The number of rotatable bonds is 3. The van der Waals surface area contributed by atoms with Gasteiger partial charge in [-0.15, -0.1) is 0 Å². The summed E-state index contributed by atoms with van der Waals surface area (Å²) in [5.41, 5.74) is 4.43. The zero-order chi connectivity index (χ0) is 20.7. The van der Waals surface area contributed by atoms with Gasteiger partial charge in [-0.2, -0.15) is 0 Å². The van der Waals surface area contributed by atoms with Gasteiger partial charge in [-0.05, 0) is 51.5 Å². The van der Waals surface area contributed by atoms with E-state index in [2.05, 4.69) is 33.6 Å². The van der Waals surface area contributed by atoms with Gasteiger partial charge in [0.05, 0.1) is 30.2 Å². The van der Waals surface area contributed by atoms with Crippen molar-refractivity contribution in [2.24, 2.45) is 0 Å². The molecule has 0 bridgehead atoms. The van der Waals surface area contributed by atoms with Crippen LogP contribution in [0.15, 0.2) is 41.6 Å². The van der Waals surface area contributed by atoms with Crippen molar-refractivity contribution in [1.29, 1.82) is 0 Å². The first-order valence-electron chi connectivity index (χ1n) is 9.81. The molecule has 1 atom stereocenters. The van der Waals surface area contributed by atoms with E-state index in [-0.39, 0.29) is 29.6 Å². The van der Waals surface area contributed by atoms with Crippen molar-refractivity contribution in [3.05, 3.63) is 81.0 Å². The number of pyridine rings is 1. The molecular weight excluding hydrogens is 366 g/mol. The van der Waals surface area contributed by atoms with Gasteiger partial charge in [0.2, 0.25) is 0 Å². The van der Waals surface area contributed by atoms with Crippen LogP contribution in [0.25, 0.3) is 0 Å². The molecule has 4 rings (SSSR count). The zero-order valence-electron chi connectivity index (χ0n) is 17.2. The number of amides is 1. The third-order valence-corrected chi connectivity index (χ3v) is 5.71. The highest BCUT2D eigenvalue weighted by atomic mass is 16.2. The Balaban J connectivity index is 1.67. The number of nitrogens with zero attached hydrogens (tertiary/aromatic N) is 5. The van der Waals surface area contributed by atoms with Gasteiger partial charge in [0.1, 0.15) is 5.56 Å². The quantitative estimate of drug-likeness (QED) is 0.688. The molecular formula is C22H25N5O2. The first-order chi connectivity index (χ1) is 13.9. The summed E-state index contributed by atoms with van der Waals surface area (Å²) in [6.07, 6.45) is 5.05. The molecule has 1 unspecified atom stereocenters. The average molecular weight is 391 g/mol. The van der Waals surface area contributed by atoms with Crippen LogP contribution in [0.5, 0.6) is 0 Å². The topological polar surface area (TPSA) is 73.0 Å². The minimum atomic E-state index is -0.290. The SMILES string of the molecule is Cc1cnc(Cn2ccc(C)c(C(=O)N3CCn4c(C)ccc4C3C)c2=O)cn1. The van der Waals surface area contributed by atoms with Gasteiger partial charge in [0, 0.05) is 36.9 Å². The van der Waals surface area contributed by atoms with Gasteiger partial charge < -0.3 is 14.0 Å². The summed E-state index contributed by atoms with van der Waals surface area (Å²) in [4.78, 5) is 36.9. The molecule has 0 spiro atoms. The second kappa shape index (κ2) is 7.31. The molecule has 1 aliphatic heterocycles.